The average Bonchev–Trinajstić information content (AvgIpc) is 3.31. The number of carbonyl (C=O) groups is 1. The zero-order valence-electron chi connectivity index (χ0n) is 16.1. The Hall–Kier alpha value is -2.86. The van der Waals surface area contributed by atoms with Gasteiger partial charge in [-0.25, -0.2) is 0 Å². The molecule has 5 nitrogen and oxygen atoms in total. The summed E-state index contributed by atoms with van der Waals surface area (Å²) in [4.78, 5) is 18.6. The minimum absolute atomic E-state index is 0.131. The molecule has 144 valence electrons. The van der Waals surface area contributed by atoms with E-state index in [9.17, 15) is 4.79 Å². The number of hydrogen-bond donors (Lipinski definition) is 1. The number of aryl methyl sites for hydroxylation is 1. The molecule has 4 rings (SSSR count). The zero-order chi connectivity index (χ0) is 19.7. The fourth-order valence-corrected chi connectivity index (χ4v) is 4.06. The van der Waals surface area contributed by atoms with Crippen LogP contribution in [0.5, 0.6) is 11.5 Å². The third-order valence-electron chi connectivity index (χ3n) is 4.65. The van der Waals surface area contributed by atoms with Gasteiger partial charge in [0, 0.05) is 18.1 Å². The average molecular weight is 394 g/mol. The first-order chi connectivity index (χ1) is 13.5. The van der Waals surface area contributed by atoms with E-state index in [-0.39, 0.29) is 12.0 Å². The molecular weight excluding hydrogens is 372 g/mol. The standard InChI is InChI=1S/C22H22N2O3S/c1-4-26-20-11-15-10-13(2)27-19(15)12-18(20)24-22(25)16-7-8-17(23-14(16)3)21-6-5-9-28-21/h5-9,11-13H,4,10H2,1-3H3,(H,24,25)/t13-/m1/s1. The van der Waals surface area contributed by atoms with Crippen molar-refractivity contribution in [2.45, 2.75) is 33.3 Å². The lowest BCUT2D eigenvalue weighted by Crippen LogP contribution is -2.15. The number of ether oxygens (including phenoxy) is 2. The van der Waals surface area contributed by atoms with Crippen LogP contribution in [0, 0.1) is 6.92 Å². The van der Waals surface area contributed by atoms with Gasteiger partial charge in [0.15, 0.2) is 0 Å². The molecule has 1 N–H and O–H groups in total. The van der Waals surface area contributed by atoms with Gasteiger partial charge in [-0.15, -0.1) is 11.3 Å². The topological polar surface area (TPSA) is 60.5 Å². The highest BCUT2D eigenvalue weighted by Gasteiger charge is 2.23. The van der Waals surface area contributed by atoms with Gasteiger partial charge in [-0.05, 0) is 50.4 Å². The molecule has 3 aromatic rings. The second kappa shape index (κ2) is 7.64. The zero-order valence-corrected chi connectivity index (χ0v) is 16.9. The van der Waals surface area contributed by atoms with E-state index in [1.165, 1.54) is 0 Å². The summed E-state index contributed by atoms with van der Waals surface area (Å²) in [6.07, 6.45) is 0.975. The lowest BCUT2D eigenvalue weighted by molar-refractivity contribution is 0.102. The summed E-state index contributed by atoms with van der Waals surface area (Å²) < 4.78 is 11.6. The summed E-state index contributed by atoms with van der Waals surface area (Å²) in [7, 11) is 0. The highest BCUT2D eigenvalue weighted by Crippen LogP contribution is 2.38. The molecule has 0 saturated carbocycles. The van der Waals surface area contributed by atoms with E-state index >= 15 is 0 Å². The number of pyridine rings is 1. The van der Waals surface area contributed by atoms with E-state index in [0.717, 1.165) is 28.3 Å². The van der Waals surface area contributed by atoms with E-state index in [1.54, 1.807) is 11.3 Å². The third-order valence-corrected chi connectivity index (χ3v) is 5.54. The summed E-state index contributed by atoms with van der Waals surface area (Å²) in [5, 5.41) is 4.98. The Morgan fingerprint density at radius 3 is 2.93 bits per heavy atom. The predicted octanol–water partition coefficient (Wildman–Crippen LogP) is 5.09. The van der Waals surface area contributed by atoms with Crippen LogP contribution >= 0.6 is 11.3 Å². The number of fused-ring (bicyclic) bond motifs is 1. The molecule has 0 unspecified atom stereocenters. The molecule has 1 amide bonds. The third kappa shape index (κ3) is 3.60. The Labute approximate surface area is 168 Å². The van der Waals surface area contributed by atoms with Crippen LogP contribution in [-0.4, -0.2) is 23.6 Å². The lowest BCUT2D eigenvalue weighted by Gasteiger charge is -2.14. The van der Waals surface area contributed by atoms with Crippen molar-refractivity contribution in [1.82, 2.24) is 4.98 Å². The van der Waals surface area contributed by atoms with E-state index < -0.39 is 0 Å². The summed E-state index contributed by atoms with van der Waals surface area (Å²) in [6.45, 7) is 6.33. The van der Waals surface area contributed by atoms with Crippen LogP contribution in [0.3, 0.4) is 0 Å². The second-order valence-electron chi connectivity index (χ2n) is 6.78. The summed E-state index contributed by atoms with van der Waals surface area (Å²) in [5.41, 5.74) is 3.82. The fourth-order valence-electron chi connectivity index (χ4n) is 3.36. The summed E-state index contributed by atoms with van der Waals surface area (Å²) >= 11 is 1.63. The van der Waals surface area contributed by atoms with Gasteiger partial charge in [0.2, 0.25) is 0 Å². The van der Waals surface area contributed by atoms with Gasteiger partial charge in [0.1, 0.15) is 17.6 Å². The second-order valence-corrected chi connectivity index (χ2v) is 7.73. The molecule has 1 aliphatic heterocycles. The van der Waals surface area contributed by atoms with Crippen molar-refractivity contribution in [3.63, 3.8) is 0 Å². The van der Waals surface area contributed by atoms with Gasteiger partial charge in [-0.2, -0.15) is 0 Å². The van der Waals surface area contributed by atoms with Gasteiger partial charge >= 0.3 is 0 Å². The minimum atomic E-state index is -0.213. The van der Waals surface area contributed by atoms with Gasteiger partial charge < -0.3 is 14.8 Å². The fraction of sp³-hybridized carbons (Fsp3) is 0.273. The number of amides is 1. The van der Waals surface area contributed by atoms with Crippen molar-refractivity contribution in [2.24, 2.45) is 0 Å². The highest BCUT2D eigenvalue weighted by atomic mass is 32.1. The molecule has 0 fully saturated rings. The normalized spacial score (nSPS) is 15.0. The monoisotopic (exact) mass is 394 g/mol. The lowest BCUT2D eigenvalue weighted by atomic mass is 10.1. The van der Waals surface area contributed by atoms with Crippen LogP contribution in [0.4, 0.5) is 5.69 Å². The van der Waals surface area contributed by atoms with Crippen LogP contribution in [0.2, 0.25) is 0 Å². The largest absolute Gasteiger partial charge is 0.492 e. The first-order valence-electron chi connectivity index (χ1n) is 9.34. The molecule has 0 spiro atoms. The summed E-state index contributed by atoms with van der Waals surface area (Å²) in [5.74, 6) is 1.25. The van der Waals surface area contributed by atoms with Crippen LogP contribution < -0.4 is 14.8 Å². The number of nitrogens with one attached hydrogen (secondary N) is 1. The number of anilines is 1. The Morgan fingerprint density at radius 1 is 1.36 bits per heavy atom. The minimum Gasteiger partial charge on any atom is -0.492 e. The van der Waals surface area contributed by atoms with Gasteiger partial charge in [-0.1, -0.05) is 6.07 Å². The van der Waals surface area contributed by atoms with Crippen molar-refractivity contribution in [2.75, 3.05) is 11.9 Å². The Morgan fingerprint density at radius 2 is 2.21 bits per heavy atom. The van der Waals surface area contributed by atoms with Crippen molar-refractivity contribution in [3.05, 3.63) is 58.6 Å². The number of hydrogen-bond acceptors (Lipinski definition) is 5. The van der Waals surface area contributed by atoms with Crippen molar-refractivity contribution in [1.29, 1.82) is 0 Å². The molecule has 2 aromatic heterocycles. The maximum atomic E-state index is 12.9. The quantitative estimate of drug-likeness (QED) is 0.655. The van der Waals surface area contributed by atoms with Crippen molar-refractivity contribution < 1.29 is 14.3 Å². The maximum Gasteiger partial charge on any atom is 0.257 e. The SMILES string of the molecule is CCOc1cc2c(cc1NC(=O)c1ccc(-c3cccs3)nc1C)O[C@H](C)C2. The molecule has 1 aliphatic rings. The van der Waals surface area contributed by atoms with Crippen LogP contribution in [0.1, 0.15) is 35.5 Å². The molecular formula is C22H22N2O3S. The summed E-state index contributed by atoms with van der Waals surface area (Å²) in [6, 6.07) is 11.5. The Balaban J connectivity index is 1.61. The molecule has 1 atom stereocenters. The van der Waals surface area contributed by atoms with Crippen molar-refractivity contribution in [3.8, 4) is 22.1 Å². The van der Waals surface area contributed by atoms with Crippen LogP contribution in [0.25, 0.3) is 10.6 Å². The van der Waals surface area contributed by atoms with Gasteiger partial charge in [-0.3, -0.25) is 9.78 Å². The Kier molecular flexibility index (Phi) is 5.05. The molecule has 0 bridgehead atoms. The van der Waals surface area contributed by atoms with Crippen LogP contribution in [0.15, 0.2) is 41.8 Å². The van der Waals surface area contributed by atoms with Gasteiger partial charge in [0.25, 0.3) is 5.91 Å². The molecule has 1 aromatic carbocycles. The number of rotatable bonds is 5. The van der Waals surface area contributed by atoms with E-state index in [1.807, 2.05) is 62.5 Å². The molecule has 0 radical (unpaired) electrons. The first kappa shape index (κ1) is 18.5. The molecule has 3 heterocycles. The number of nitrogens with zero attached hydrogens (tertiary/aromatic N) is 1. The maximum absolute atomic E-state index is 12.9. The highest BCUT2D eigenvalue weighted by molar-refractivity contribution is 7.13. The molecule has 6 heteroatoms. The van der Waals surface area contributed by atoms with E-state index in [4.69, 9.17) is 9.47 Å². The van der Waals surface area contributed by atoms with E-state index in [2.05, 4.69) is 10.3 Å². The number of benzene rings is 1. The van der Waals surface area contributed by atoms with Crippen LogP contribution in [-0.2, 0) is 6.42 Å². The number of carbonyl (C=O) groups excluding carboxylic acids is 1. The Bertz CT molecular complexity index is 1010. The number of aromatic nitrogens is 1. The van der Waals surface area contributed by atoms with Crippen molar-refractivity contribution >= 4 is 22.9 Å². The molecule has 0 saturated heterocycles. The first-order valence-corrected chi connectivity index (χ1v) is 10.2. The predicted molar refractivity (Wildman–Crippen MR) is 112 cm³/mol. The smallest absolute Gasteiger partial charge is 0.257 e. The number of thiophene rings is 1. The van der Waals surface area contributed by atoms with E-state index in [0.29, 0.717) is 29.3 Å². The molecule has 28 heavy (non-hydrogen) atoms. The molecule has 0 aliphatic carbocycles. The van der Waals surface area contributed by atoms with Gasteiger partial charge in [0.05, 0.1) is 34.1 Å².